The van der Waals surface area contributed by atoms with Gasteiger partial charge in [0.25, 0.3) is 0 Å². The van der Waals surface area contributed by atoms with Gasteiger partial charge in [0.05, 0.1) is 19.3 Å². The molecule has 96 valence electrons. The zero-order valence-corrected chi connectivity index (χ0v) is 10.3. The van der Waals surface area contributed by atoms with Gasteiger partial charge in [-0.2, -0.15) is 0 Å². The Morgan fingerprint density at radius 2 is 1.81 bits per heavy atom. The minimum Gasteiger partial charge on any atom is -0.469 e. The first-order valence-corrected chi connectivity index (χ1v) is 6.03. The predicted octanol–water partition coefficient (Wildman–Crippen LogP) is 1.63. The molecule has 0 saturated heterocycles. The summed E-state index contributed by atoms with van der Waals surface area (Å²) in [5.41, 5.74) is 0. The third-order valence-corrected chi connectivity index (χ3v) is 2.59. The van der Waals surface area contributed by atoms with Crippen molar-refractivity contribution in [2.45, 2.75) is 64.1 Å². The standard InChI is InChI=1S/C12H24O4/c1-3-4-5-6-10(13)9-11(14)7-8-12(15)16-2/h10-11,13-14H,3-9H2,1-2H3/t10-,11-/m0/s1. The number of unbranched alkanes of at least 4 members (excludes halogenated alkanes) is 2. The van der Waals surface area contributed by atoms with Crippen LogP contribution in [-0.4, -0.2) is 35.5 Å². The summed E-state index contributed by atoms with van der Waals surface area (Å²) in [6, 6.07) is 0. The van der Waals surface area contributed by atoms with Gasteiger partial charge in [-0.15, -0.1) is 0 Å². The van der Waals surface area contributed by atoms with E-state index in [1.165, 1.54) is 7.11 Å². The lowest BCUT2D eigenvalue weighted by atomic mass is 10.0. The highest BCUT2D eigenvalue weighted by Gasteiger charge is 2.13. The van der Waals surface area contributed by atoms with E-state index in [0.717, 1.165) is 25.7 Å². The summed E-state index contributed by atoms with van der Waals surface area (Å²) in [4.78, 5) is 10.8. The second-order valence-electron chi connectivity index (χ2n) is 4.15. The molecular weight excluding hydrogens is 208 g/mol. The SMILES string of the molecule is CCCCC[C@H](O)C[C@@H](O)CCC(=O)OC. The zero-order valence-electron chi connectivity index (χ0n) is 10.3. The van der Waals surface area contributed by atoms with Crippen molar-refractivity contribution in [3.8, 4) is 0 Å². The van der Waals surface area contributed by atoms with Crippen molar-refractivity contribution in [1.29, 1.82) is 0 Å². The highest BCUT2D eigenvalue weighted by atomic mass is 16.5. The van der Waals surface area contributed by atoms with Crippen LogP contribution in [0.3, 0.4) is 0 Å². The van der Waals surface area contributed by atoms with Gasteiger partial charge in [0.15, 0.2) is 0 Å². The molecule has 0 aromatic rings. The summed E-state index contributed by atoms with van der Waals surface area (Å²) in [5.74, 6) is -0.320. The van der Waals surface area contributed by atoms with Crippen molar-refractivity contribution in [3.05, 3.63) is 0 Å². The van der Waals surface area contributed by atoms with E-state index < -0.39 is 12.2 Å². The van der Waals surface area contributed by atoms with Gasteiger partial charge in [0.2, 0.25) is 0 Å². The molecule has 4 heteroatoms. The molecule has 0 aliphatic rings. The average molecular weight is 232 g/mol. The van der Waals surface area contributed by atoms with Gasteiger partial charge < -0.3 is 14.9 Å². The molecule has 0 radical (unpaired) electrons. The van der Waals surface area contributed by atoms with Gasteiger partial charge in [-0.25, -0.2) is 0 Å². The maximum Gasteiger partial charge on any atom is 0.305 e. The molecule has 4 nitrogen and oxygen atoms in total. The summed E-state index contributed by atoms with van der Waals surface area (Å²) >= 11 is 0. The topological polar surface area (TPSA) is 66.8 Å². The lowest BCUT2D eigenvalue weighted by Crippen LogP contribution is -2.19. The quantitative estimate of drug-likeness (QED) is 0.468. The number of ether oxygens (including phenoxy) is 1. The monoisotopic (exact) mass is 232 g/mol. The van der Waals surface area contributed by atoms with E-state index in [4.69, 9.17) is 0 Å². The summed E-state index contributed by atoms with van der Waals surface area (Å²) in [6.07, 6.45) is 3.78. The van der Waals surface area contributed by atoms with Crippen molar-refractivity contribution in [3.63, 3.8) is 0 Å². The maximum atomic E-state index is 10.8. The van der Waals surface area contributed by atoms with E-state index in [2.05, 4.69) is 11.7 Å². The van der Waals surface area contributed by atoms with Crippen LogP contribution >= 0.6 is 0 Å². The van der Waals surface area contributed by atoms with E-state index in [-0.39, 0.29) is 12.4 Å². The molecule has 0 aromatic heterocycles. The number of esters is 1. The summed E-state index contributed by atoms with van der Waals surface area (Å²) in [5, 5.41) is 19.1. The largest absolute Gasteiger partial charge is 0.469 e. The highest BCUT2D eigenvalue weighted by molar-refractivity contribution is 5.69. The van der Waals surface area contributed by atoms with E-state index in [0.29, 0.717) is 12.8 Å². The number of rotatable bonds is 9. The smallest absolute Gasteiger partial charge is 0.305 e. The Hall–Kier alpha value is -0.610. The van der Waals surface area contributed by atoms with Crippen molar-refractivity contribution in [2.75, 3.05) is 7.11 Å². The molecule has 0 fully saturated rings. The van der Waals surface area contributed by atoms with Gasteiger partial charge in [-0.05, 0) is 19.3 Å². The summed E-state index contributed by atoms with van der Waals surface area (Å²) < 4.78 is 4.47. The highest BCUT2D eigenvalue weighted by Crippen LogP contribution is 2.11. The fourth-order valence-corrected chi connectivity index (χ4v) is 1.57. The van der Waals surface area contributed by atoms with Crippen molar-refractivity contribution in [1.82, 2.24) is 0 Å². The third-order valence-electron chi connectivity index (χ3n) is 2.59. The summed E-state index contributed by atoms with van der Waals surface area (Å²) in [7, 11) is 1.33. The van der Waals surface area contributed by atoms with E-state index in [1.807, 2.05) is 0 Å². The lowest BCUT2D eigenvalue weighted by molar-refractivity contribution is -0.141. The number of hydrogen-bond donors (Lipinski definition) is 2. The number of carbonyl (C=O) groups excluding carboxylic acids is 1. The Balaban J connectivity index is 3.53. The minimum atomic E-state index is -0.615. The first-order chi connectivity index (χ1) is 7.60. The zero-order chi connectivity index (χ0) is 12.4. The number of aliphatic hydroxyl groups excluding tert-OH is 2. The van der Waals surface area contributed by atoms with Crippen molar-refractivity contribution < 1.29 is 19.7 Å². The number of hydrogen-bond acceptors (Lipinski definition) is 4. The van der Waals surface area contributed by atoms with Crippen LogP contribution in [0.2, 0.25) is 0 Å². The average Bonchev–Trinajstić information content (AvgIpc) is 2.26. The Morgan fingerprint density at radius 1 is 1.19 bits per heavy atom. The Morgan fingerprint density at radius 3 is 2.38 bits per heavy atom. The molecule has 0 aromatic carbocycles. The number of aliphatic hydroxyl groups is 2. The first-order valence-electron chi connectivity index (χ1n) is 6.03. The van der Waals surface area contributed by atoms with E-state index >= 15 is 0 Å². The van der Waals surface area contributed by atoms with Crippen LogP contribution in [0.25, 0.3) is 0 Å². The molecule has 0 bridgehead atoms. The maximum absolute atomic E-state index is 10.8. The normalized spacial score (nSPS) is 14.5. The second kappa shape index (κ2) is 9.60. The molecule has 0 rings (SSSR count). The fraction of sp³-hybridized carbons (Fsp3) is 0.917. The third kappa shape index (κ3) is 8.68. The van der Waals surface area contributed by atoms with Crippen LogP contribution in [-0.2, 0) is 9.53 Å². The van der Waals surface area contributed by atoms with Crippen LogP contribution < -0.4 is 0 Å². The minimum absolute atomic E-state index is 0.208. The van der Waals surface area contributed by atoms with Crippen molar-refractivity contribution >= 4 is 5.97 Å². The first kappa shape index (κ1) is 15.4. The van der Waals surface area contributed by atoms with Gasteiger partial charge in [0.1, 0.15) is 0 Å². The fourth-order valence-electron chi connectivity index (χ4n) is 1.57. The van der Waals surface area contributed by atoms with Gasteiger partial charge in [0, 0.05) is 6.42 Å². The Kier molecular flexibility index (Phi) is 9.24. The van der Waals surface area contributed by atoms with Crippen LogP contribution in [0, 0.1) is 0 Å². The van der Waals surface area contributed by atoms with Gasteiger partial charge >= 0.3 is 5.97 Å². The molecule has 2 atom stereocenters. The molecule has 2 N–H and O–H groups in total. The van der Waals surface area contributed by atoms with Crippen LogP contribution in [0.15, 0.2) is 0 Å². The molecule has 0 aliphatic carbocycles. The van der Waals surface area contributed by atoms with Gasteiger partial charge in [-0.3, -0.25) is 4.79 Å². The Labute approximate surface area is 97.6 Å². The molecule has 0 unspecified atom stereocenters. The summed E-state index contributed by atoms with van der Waals surface area (Å²) in [6.45, 7) is 2.11. The molecule has 0 amide bonds. The van der Waals surface area contributed by atoms with Gasteiger partial charge in [-0.1, -0.05) is 26.2 Å². The molecule has 16 heavy (non-hydrogen) atoms. The molecule has 0 saturated carbocycles. The van der Waals surface area contributed by atoms with Crippen LogP contribution in [0.1, 0.15) is 51.9 Å². The molecular formula is C12H24O4. The van der Waals surface area contributed by atoms with E-state index in [1.54, 1.807) is 0 Å². The van der Waals surface area contributed by atoms with Crippen LogP contribution in [0.4, 0.5) is 0 Å². The number of carbonyl (C=O) groups is 1. The molecule has 0 spiro atoms. The Bertz CT molecular complexity index is 182. The van der Waals surface area contributed by atoms with Crippen LogP contribution in [0.5, 0.6) is 0 Å². The lowest BCUT2D eigenvalue weighted by Gasteiger charge is -2.14. The van der Waals surface area contributed by atoms with E-state index in [9.17, 15) is 15.0 Å². The van der Waals surface area contributed by atoms with Crippen molar-refractivity contribution in [2.24, 2.45) is 0 Å². The predicted molar refractivity (Wildman–Crippen MR) is 62.0 cm³/mol. The number of methoxy groups -OCH3 is 1. The second-order valence-corrected chi connectivity index (χ2v) is 4.15. The molecule has 0 heterocycles. The molecule has 0 aliphatic heterocycles.